The molecular formula is C16H15BrN4O3. The highest BCUT2D eigenvalue weighted by Crippen LogP contribution is 2.21. The van der Waals surface area contributed by atoms with Crippen molar-refractivity contribution in [2.24, 2.45) is 0 Å². The molecule has 3 rings (SSSR count). The summed E-state index contributed by atoms with van der Waals surface area (Å²) in [5, 5.41) is 0. The monoisotopic (exact) mass is 390 g/mol. The van der Waals surface area contributed by atoms with Crippen molar-refractivity contribution in [1.29, 1.82) is 0 Å². The maximum Gasteiger partial charge on any atom is 0.255 e. The van der Waals surface area contributed by atoms with Crippen LogP contribution in [0.1, 0.15) is 10.4 Å². The predicted molar refractivity (Wildman–Crippen MR) is 91.0 cm³/mol. The molecule has 1 fully saturated rings. The Balaban J connectivity index is 1.73. The quantitative estimate of drug-likeness (QED) is 0.797. The smallest absolute Gasteiger partial charge is 0.255 e. The molecule has 0 saturated carbocycles. The number of nitrogens with zero attached hydrogens (tertiary/aromatic N) is 4. The van der Waals surface area contributed by atoms with Gasteiger partial charge in [0.15, 0.2) is 0 Å². The van der Waals surface area contributed by atoms with Crippen LogP contribution in [0.25, 0.3) is 0 Å². The number of anilines is 1. The van der Waals surface area contributed by atoms with Crippen molar-refractivity contribution in [3.8, 4) is 5.88 Å². The summed E-state index contributed by atoms with van der Waals surface area (Å²) in [6, 6.07) is 5.14. The first-order valence-corrected chi connectivity index (χ1v) is 8.08. The molecule has 2 aromatic rings. The molecule has 0 atom stereocenters. The molecule has 124 valence electrons. The number of halogens is 1. The van der Waals surface area contributed by atoms with E-state index < -0.39 is 0 Å². The lowest BCUT2D eigenvalue weighted by Crippen LogP contribution is -2.52. The SMILES string of the molecule is COc1cc(N2CCN(C(=O)c3cncc(Br)c3)CC2=O)ccn1. The Morgan fingerprint density at radius 1 is 1.29 bits per heavy atom. The van der Waals surface area contributed by atoms with Crippen molar-refractivity contribution in [1.82, 2.24) is 14.9 Å². The molecule has 8 heteroatoms. The number of hydrogen-bond acceptors (Lipinski definition) is 5. The molecule has 7 nitrogen and oxygen atoms in total. The Kier molecular flexibility index (Phi) is 4.75. The largest absolute Gasteiger partial charge is 0.481 e. The molecule has 1 aliphatic heterocycles. The second-order valence-corrected chi connectivity index (χ2v) is 6.14. The normalized spacial score (nSPS) is 14.7. The minimum atomic E-state index is -0.205. The first-order valence-electron chi connectivity index (χ1n) is 7.28. The summed E-state index contributed by atoms with van der Waals surface area (Å²) >= 11 is 3.29. The molecule has 24 heavy (non-hydrogen) atoms. The minimum absolute atomic E-state index is 0.0238. The van der Waals surface area contributed by atoms with Gasteiger partial charge in [0.1, 0.15) is 6.54 Å². The van der Waals surface area contributed by atoms with Crippen molar-refractivity contribution in [2.75, 3.05) is 31.6 Å². The average Bonchev–Trinajstić information content (AvgIpc) is 2.61. The molecule has 0 bridgehead atoms. The molecular weight excluding hydrogens is 376 g/mol. The van der Waals surface area contributed by atoms with E-state index in [0.717, 1.165) is 4.47 Å². The van der Waals surface area contributed by atoms with Crippen molar-refractivity contribution < 1.29 is 14.3 Å². The zero-order valence-electron chi connectivity index (χ0n) is 13.0. The Hall–Kier alpha value is -2.48. The van der Waals surface area contributed by atoms with Crippen LogP contribution in [0.3, 0.4) is 0 Å². The first-order chi connectivity index (χ1) is 11.6. The molecule has 2 aromatic heterocycles. The minimum Gasteiger partial charge on any atom is -0.481 e. The third kappa shape index (κ3) is 3.38. The van der Waals surface area contributed by atoms with Gasteiger partial charge in [0, 0.05) is 42.2 Å². The third-order valence-corrected chi connectivity index (χ3v) is 4.13. The van der Waals surface area contributed by atoms with Crippen LogP contribution in [0.4, 0.5) is 5.69 Å². The summed E-state index contributed by atoms with van der Waals surface area (Å²) < 4.78 is 5.81. The van der Waals surface area contributed by atoms with Crippen LogP contribution in [-0.2, 0) is 4.79 Å². The number of hydrogen-bond donors (Lipinski definition) is 0. The number of methoxy groups -OCH3 is 1. The van der Waals surface area contributed by atoms with Gasteiger partial charge in [-0.2, -0.15) is 0 Å². The van der Waals surface area contributed by atoms with E-state index in [0.29, 0.717) is 30.2 Å². The zero-order valence-corrected chi connectivity index (χ0v) is 14.6. The fourth-order valence-electron chi connectivity index (χ4n) is 2.51. The van der Waals surface area contributed by atoms with E-state index in [4.69, 9.17) is 4.74 Å². The fourth-order valence-corrected chi connectivity index (χ4v) is 2.87. The highest BCUT2D eigenvalue weighted by atomic mass is 79.9. The van der Waals surface area contributed by atoms with Gasteiger partial charge in [0.2, 0.25) is 11.8 Å². The highest BCUT2D eigenvalue weighted by molar-refractivity contribution is 9.10. The van der Waals surface area contributed by atoms with Crippen LogP contribution in [0.2, 0.25) is 0 Å². The van der Waals surface area contributed by atoms with Gasteiger partial charge in [-0.25, -0.2) is 4.98 Å². The molecule has 0 unspecified atom stereocenters. The van der Waals surface area contributed by atoms with Gasteiger partial charge in [-0.05, 0) is 28.1 Å². The zero-order chi connectivity index (χ0) is 17.1. The van der Waals surface area contributed by atoms with E-state index >= 15 is 0 Å². The topological polar surface area (TPSA) is 75.6 Å². The molecule has 0 N–H and O–H groups in total. The number of aromatic nitrogens is 2. The molecule has 0 spiro atoms. The van der Waals surface area contributed by atoms with E-state index in [1.165, 1.54) is 18.2 Å². The average molecular weight is 391 g/mol. The lowest BCUT2D eigenvalue weighted by atomic mass is 10.2. The Morgan fingerprint density at radius 3 is 2.83 bits per heavy atom. The second-order valence-electron chi connectivity index (χ2n) is 5.22. The third-order valence-electron chi connectivity index (χ3n) is 3.70. The molecule has 3 heterocycles. The van der Waals surface area contributed by atoms with E-state index in [2.05, 4.69) is 25.9 Å². The molecule has 0 aliphatic carbocycles. The first kappa shape index (κ1) is 16.4. The highest BCUT2D eigenvalue weighted by Gasteiger charge is 2.29. The van der Waals surface area contributed by atoms with Crippen LogP contribution in [-0.4, -0.2) is 53.4 Å². The van der Waals surface area contributed by atoms with Gasteiger partial charge in [-0.1, -0.05) is 0 Å². The Labute approximate surface area is 147 Å². The number of amides is 2. The molecule has 1 saturated heterocycles. The van der Waals surface area contributed by atoms with E-state index in [-0.39, 0.29) is 18.4 Å². The molecule has 1 aliphatic rings. The number of piperazine rings is 1. The summed E-state index contributed by atoms with van der Waals surface area (Å²) in [5.74, 6) is 0.0916. The van der Waals surface area contributed by atoms with Gasteiger partial charge < -0.3 is 14.5 Å². The van der Waals surface area contributed by atoms with Crippen LogP contribution in [0, 0.1) is 0 Å². The van der Waals surface area contributed by atoms with Crippen molar-refractivity contribution >= 4 is 33.4 Å². The molecule has 0 aromatic carbocycles. The maximum atomic E-state index is 12.5. The van der Waals surface area contributed by atoms with Gasteiger partial charge in [-0.15, -0.1) is 0 Å². The number of ether oxygens (including phenoxy) is 1. The van der Waals surface area contributed by atoms with E-state index in [9.17, 15) is 9.59 Å². The van der Waals surface area contributed by atoms with Gasteiger partial charge in [0.25, 0.3) is 5.91 Å². The lowest BCUT2D eigenvalue weighted by Gasteiger charge is -2.34. The van der Waals surface area contributed by atoms with Gasteiger partial charge in [-0.3, -0.25) is 14.6 Å². The summed E-state index contributed by atoms with van der Waals surface area (Å²) in [5.41, 5.74) is 1.17. The van der Waals surface area contributed by atoms with Crippen LogP contribution < -0.4 is 9.64 Å². The lowest BCUT2D eigenvalue weighted by molar-refractivity contribution is -0.120. The van der Waals surface area contributed by atoms with Crippen LogP contribution in [0.5, 0.6) is 5.88 Å². The molecule has 2 amide bonds. The standard InChI is InChI=1S/C16H15BrN4O3/c1-24-14-7-13(2-3-19-14)21-5-4-20(10-15(21)22)16(23)11-6-12(17)9-18-8-11/h2-3,6-9H,4-5,10H2,1H3. The van der Waals surface area contributed by atoms with Crippen LogP contribution in [0.15, 0.2) is 41.3 Å². The summed E-state index contributed by atoms with van der Waals surface area (Å²) in [6.45, 7) is 0.886. The molecule has 0 radical (unpaired) electrons. The van der Waals surface area contributed by atoms with Crippen LogP contribution >= 0.6 is 15.9 Å². The fraction of sp³-hybridized carbons (Fsp3) is 0.250. The van der Waals surface area contributed by atoms with E-state index in [1.807, 2.05) is 0 Å². The Morgan fingerprint density at radius 2 is 2.12 bits per heavy atom. The van der Waals surface area contributed by atoms with Gasteiger partial charge in [0.05, 0.1) is 18.4 Å². The Bertz CT molecular complexity index is 783. The maximum absolute atomic E-state index is 12.5. The second kappa shape index (κ2) is 6.96. The summed E-state index contributed by atoms with van der Waals surface area (Å²) in [4.78, 5) is 36.1. The number of carbonyl (C=O) groups is 2. The number of pyridine rings is 2. The number of carbonyl (C=O) groups excluding carboxylic acids is 2. The number of rotatable bonds is 3. The van der Waals surface area contributed by atoms with E-state index in [1.54, 1.807) is 35.5 Å². The van der Waals surface area contributed by atoms with Crippen molar-refractivity contribution in [3.05, 3.63) is 46.8 Å². The summed E-state index contributed by atoms with van der Waals surface area (Å²) in [7, 11) is 1.52. The van der Waals surface area contributed by atoms with Crippen molar-refractivity contribution in [3.63, 3.8) is 0 Å². The van der Waals surface area contributed by atoms with Gasteiger partial charge >= 0.3 is 0 Å². The predicted octanol–water partition coefficient (Wildman–Crippen LogP) is 1.74. The summed E-state index contributed by atoms with van der Waals surface area (Å²) in [6.07, 6.45) is 4.69. The van der Waals surface area contributed by atoms with Crippen molar-refractivity contribution in [2.45, 2.75) is 0 Å².